The van der Waals surface area contributed by atoms with Crippen LogP contribution in [0.15, 0.2) is 0 Å². The molecule has 0 aliphatic carbocycles. The molecule has 0 rings (SSSR count). The van der Waals surface area contributed by atoms with Crippen molar-refractivity contribution in [1.29, 1.82) is 0 Å². The Morgan fingerprint density at radius 3 is 2.41 bits per heavy atom. The van der Waals surface area contributed by atoms with Crippen LogP contribution in [-0.4, -0.2) is 35.3 Å². The van der Waals surface area contributed by atoms with Gasteiger partial charge in [-0.1, -0.05) is 0 Å². The number of carbonyl (C=O) groups excluding carboxylic acids is 1. The van der Waals surface area contributed by atoms with Gasteiger partial charge in [0.1, 0.15) is 0 Å². The fourth-order valence-corrected chi connectivity index (χ4v) is 6.78. The van der Waals surface area contributed by atoms with Crippen molar-refractivity contribution in [3.8, 4) is 0 Å². The van der Waals surface area contributed by atoms with E-state index in [1.54, 1.807) is 0 Å². The average Bonchev–Trinajstić information content (AvgIpc) is 2.25. The van der Waals surface area contributed by atoms with E-state index in [1.165, 1.54) is 19.3 Å². The molecule has 0 aromatic carbocycles. The van der Waals surface area contributed by atoms with Crippen molar-refractivity contribution in [1.82, 2.24) is 0 Å². The number of rotatable bonds is 9. The minimum absolute atomic E-state index is 0.0171. The van der Waals surface area contributed by atoms with Gasteiger partial charge in [0.25, 0.3) is 0 Å². The Kier molecular flexibility index (Phi) is 9.88. The summed E-state index contributed by atoms with van der Waals surface area (Å²) >= 11 is -1.87. The average molecular weight is 367 g/mol. The van der Waals surface area contributed by atoms with Crippen LogP contribution in [0.1, 0.15) is 39.5 Å². The summed E-state index contributed by atoms with van der Waals surface area (Å²) in [5, 5.41) is 0. The molecule has 2 nitrogen and oxygen atoms in total. The Morgan fingerprint density at radius 2 is 1.94 bits per heavy atom. The molecule has 0 bridgehead atoms. The molecule has 0 amide bonds. The molecule has 0 spiro atoms. The van der Waals surface area contributed by atoms with Crippen molar-refractivity contribution < 1.29 is 9.53 Å². The summed E-state index contributed by atoms with van der Waals surface area (Å²) in [4.78, 5) is 18.5. The van der Waals surface area contributed by atoms with Crippen LogP contribution in [-0.2, 0) is 9.53 Å². The molecule has 0 aliphatic rings. The van der Waals surface area contributed by atoms with Gasteiger partial charge >= 0.3 is 114 Å². The van der Waals surface area contributed by atoms with E-state index in [4.69, 9.17) is 4.74 Å². The predicted molar refractivity (Wildman–Crippen MR) is 80.1 cm³/mol. The third-order valence-corrected chi connectivity index (χ3v) is 12.5. The Bertz CT molecular complexity index is 214. The van der Waals surface area contributed by atoms with Crippen LogP contribution < -0.4 is 0 Å². The van der Waals surface area contributed by atoms with Gasteiger partial charge in [-0.2, -0.15) is 0 Å². The van der Waals surface area contributed by atoms with Gasteiger partial charge in [-0.15, -0.1) is 0 Å². The van der Waals surface area contributed by atoms with Crippen LogP contribution in [0.3, 0.4) is 0 Å². The number of unbranched alkanes of at least 4 members (excludes halogenated alkanes) is 1. The molecule has 0 aromatic heterocycles. The molecule has 1 atom stereocenters. The SMILES string of the molecule is CCCCC(CC)COC(=O)C[S][Sn]([CH3])([CH3])[CH3]. The van der Waals surface area contributed by atoms with Gasteiger partial charge in [-0.3, -0.25) is 0 Å². The second kappa shape index (κ2) is 9.54. The first-order valence-corrected chi connectivity index (χ1v) is 19.7. The molecule has 1 unspecified atom stereocenters. The molecule has 17 heavy (non-hydrogen) atoms. The second-order valence-electron chi connectivity index (χ2n) is 5.50. The standard InChI is InChI=1S/C10H20O2S.3CH3.Sn/c1-3-5-6-9(4-2)7-12-10(11)8-13;;;;/h9,13H,3-8H2,1-2H3;3*1H3;/q;;;;+1/p-1. The molecule has 0 fully saturated rings. The van der Waals surface area contributed by atoms with E-state index >= 15 is 0 Å². The maximum atomic E-state index is 11.6. The maximum absolute atomic E-state index is 11.6. The molecule has 0 aromatic rings. The Morgan fingerprint density at radius 1 is 1.29 bits per heavy atom. The van der Waals surface area contributed by atoms with Crippen molar-refractivity contribution >= 4 is 31.9 Å². The summed E-state index contributed by atoms with van der Waals surface area (Å²) in [5.74, 6) is 1.10. The zero-order chi connectivity index (χ0) is 13.3. The third-order valence-electron chi connectivity index (χ3n) is 2.65. The number of ether oxygens (including phenoxy) is 1. The van der Waals surface area contributed by atoms with Gasteiger partial charge in [0.15, 0.2) is 0 Å². The second-order valence-corrected chi connectivity index (χ2v) is 28.8. The van der Waals surface area contributed by atoms with Crippen molar-refractivity contribution in [2.24, 2.45) is 5.92 Å². The molecule has 4 heteroatoms. The summed E-state index contributed by atoms with van der Waals surface area (Å²) in [6.07, 6.45) is 4.76. The van der Waals surface area contributed by atoms with Crippen molar-refractivity contribution in [3.63, 3.8) is 0 Å². The summed E-state index contributed by atoms with van der Waals surface area (Å²) in [7, 11) is 1.85. The van der Waals surface area contributed by atoms with E-state index in [9.17, 15) is 4.79 Å². The van der Waals surface area contributed by atoms with Crippen LogP contribution in [0.4, 0.5) is 0 Å². The van der Waals surface area contributed by atoms with E-state index in [0.717, 1.165) is 6.42 Å². The van der Waals surface area contributed by atoms with Crippen LogP contribution in [0.25, 0.3) is 0 Å². The molecular weight excluding hydrogens is 339 g/mol. The number of hydrogen-bond acceptors (Lipinski definition) is 3. The van der Waals surface area contributed by atoms with E-state index in [0.29, 0.717) is 18.3 Å². The molecule has 102 valence electrons. The van der Waals surface area contributed by atoms with Gasteiger partial charge in [-0.05, 0) is 0 Å². The fraction of sp³-hybridized carbons (Fsp3) is 0.923. The van der Waals surface area contributed by atoms with Crippen LogP contribution in [0.2, 0.25) is 14.8 Å². The number of carbonyl (C=O) groups is 1. The first-order valence-electron chi connectivity index (χ1n) is 6.68. The third kappa shape index (κ3) is 11.4. The summed E-state index contributed by atoms with van der Waals surface area (Å²) in [6.45, 7) is 5.00. The number of esters is 1. The van der Waals surface area contributed by atoms with E-state index in [-0.39, 0.29) is 5.97 Å². The molecule has 0 saturated carbocycles. The number of hydrogen-bond donors (Lipinski definition) is 0. The van der Waals surface area contributed by atoms with E-state index in [1.807, 2.05) is 8.95 Å². The van der Waals surface area contributed by atoms with Crippen molar-refractivity contribution in [3.05, 3.63) is 0 Å². The van der Waals surface area contributed by atoms with E-state index < -0.39 is 17.0 Å². The summed E-state index contributed by atoms with van der Waals surface area (Å²) < 4.78 is 5.36. The minimum atomic E-state index is -1.87. The van der Waals surface area contributed by atoms with Crippen molar-refractivity contribution in [2.75, 3.05) is 12.4 Å². The fourth-order valence-electron chi connectivity index (χ4n) is 1.43. The van der Waals surface area contributed by atoms with Crippen molar-refractivity contribution in [2.45, 2.75) is 54.3 Å². The molecular formula is C13H28O2SSn. The molecule has 0 saturated heterocycles. The topological polar surface area (TPSA) is 26.3 Å². The van der Waals surface area contributed by atoms with E-state index in [2.05, 4.69) is 28.7 Å². The predicted octanol–water partition coefficient (Wildman–Crippen LogP) is 4.31. The first kappa shape index (κ1) is 17.6. The van der Waals surface area contributed by atoms with Crippen LogP contribution in [0.5, 0.6) is 0 Å². The Hall–Kier alpha value is 0.619. The normalized spacial score (nSPS) is 13.5. The Balaban J connectivity index is 3.73. The molecule has 0 N–H and O–H groups in total. The van der Waals surface area contributed by atoms with Gasteiger partial charge in [0, 0.05) is 0 Å². The van der Waals surface area contributed by atoms with Crippen LogP contribution >= 0.6 is 8.95 Å². The molecule has 0 aliphatic heterocycles. The Labute approximate surface area is 114 Å². The molecule has 0 radical (unpaired) electrons. The quantitative estimate of drug-likeness (QED) is 0.449. The first-order chi connectivity index (χ1) is 7.89. The zero-order valence-electron chi connectivity index (χ0n) is 12.0. The summed E-state index contributed by atoms with van der Waals surface area (Å²) in [6, 6.07) is 0. The van der Waals surface area contributed by atoms with Gasteiger partial charge in [-0.25, -0.2) is 0 Å². The van der Waals surface area contributed by atoms with Gasteiger partial charge in [0.2, 0.25) is 0 Å². The van der Waals surface area contributed by atoms with Crippen LogP contribution in [0, 0.1) is 5.92 Å². The zero-order valence-corrected chi connectivity index (χ0v) is 15.7. The molecule has 0 heterocycles. The monoisotopic (exact) mass is 368 g/mol. The summed E-state index contributed by atoms with van der Waals surface area (Å²) in [5.41, 5.74) is 0. The van der Waals surface area contributed by atoms with Gasteiger partial charge in [0.05, 0.1) is 0 Å². The van der Waals surface area contributed by atoms with Gasteiger partial charge < -0.3 is 0 Å².